The number of unbranched alkanes of at least 4 members (excludes halogenated alkanes) is 2. The van der Waals surface area contributed by atoms with E-state index < -0.39 is 0 Å². The van der Waals surface area contributed by atoms with E-state index in [2.05, 4.69) is 17.1 Å². The maximum atomic E-state index is 11.1. The lowest BCUT2D eigenvalue weighted by Crippen LogP contribution is -1.95. The molecule has 0 saturated heterocycles. The molecule has 0 saturated carbocycles. The predicted molar refractivity (Wildman–Crippen MR) is 66.4 cm³/mol. The molecular weight excluding hydrogens is 198 g/mol. The van der Waals surface area contributed by atoms with Gasteiger partial charge in [0.25, 0.3) is 0 Å². The Morgan fingerprint density at radius 3 is 2.81 bits per heavy atom. The van der Waals surface area contributed by atoms with Crippen LogP contribution < -0.4 is 0 Å². The normalized spacial score (nSPS) is 10.4. The third-order valence-corrected chi connectivity index (χ3v) is 2.78. The molecule has 1 aromatic rings. The summed E-state index contributed by atoms with van der Waals surface area (Å²) in [6.45, 7) is 3.95. The summed E-state index contributed by atoms with van der Waals surface area (Å²) in [6.07, 6.45) is 7.76. The number of hydrogen-bond acceptors (Lipinski definition) is 2. The summed E-state index contributed by atoms with van der Waals surface area (Å²) in [6, 6.07) is 4.21. The Balaban J connectivity index is 2.14. The van der Waals surface area contributed by atoms with Gasteiger partial charge in [-0.15, -0.1) is 0 Å². The van der Waals surface area contributed by atoms with E-state index >= 15 is 0 Å². The molecule has 16 heavy (non-hydrogen) atoms. The molecule has 0 spiro atoms. The third-order valence-electron chi connectivity index (χ3n) is 2.78. The molecule has 0 unspecified atom stereocenters. The van der Waals surface area contributed by atoms with Gasteiger partial charge < -0.3 is 0 Å². The largest absolute Gasteiger partial charge is 0.300 e. The first kappa shape index (κ1) is 12.9. The van der Waals surface area contributed by atoms with E-state index in [9.17, 15) is 4.79 Å². The Hall–Kier alpha value is -1.18. The van der Waals surface area contributed by atoms with Gasteiger partial charge in [0, 0.05) is 24.7 Å². The van der Waals surface area contributed by atoms with Crippen LogP contribution in [0.4, 0.5) is 0 Å². The Morgan fingerprint density at radius 2 is 2.12 bits per heavy atom. The minimum absolute atomic E-state index is 0.389. The molecule has 0 radical (unpaired) electrons. The van der Waals surface area contributed by atoms with Gasteiger partial charge >= 0.3 is 0 Å². The minimum Gasteiger partial charge on any atom is -0.300 e. The second-order valence-corrected chi connectivity index (χ2v) is 4.26. The second kappa shape index (κ2) is 7.15. The Bertz CT molecular complexity index is 333. The summed E-state index contributed by atoms with van der Waals surface area (Å²) in [5.41, 5.74) is 2.44. The van der Waals surface area contributed by atoms with Crippen molar-refractivity contribution in [2.75, 3.05) is 0 Å². The van der Waals surface area contributed by atoms with Gasteiger partial charge in [-0.3, -0.25) is 9.78 Å². The highest BCUT2D eigenvalue weighted by molar-refractivity contribution is 5.77. The predicted octanol–water partition coefficient (Wildman–Crippen LogP) is 3.47. The lowest BCUT2D eigenvalue weighted by atomic mass is 10.0. The summed E-state index contributed by atoms with van der Waals surface area (Å²) in [7, 11) is 0. The number of aromatic nitrogens is 1. The first-order chi connectivity index (χ1) is 7.72. The summed E-state index contributed by atoms with van der Waals surface area (Å²) in [5, 5.41) is 0. The van der Waals surface area contributed by atoms with Crippen LogP contribution in [0.1, 0.15) is 50.3 Å². The fraction of sp³-hybridized carbons (Fsp3) is 0.571. The van der Waals surface area contributed by atoms with Crippen molar-refractivity contribution in [3.63, 3.8) is 0 Å². The van der Waals surface area contributed by atoms with Crippen molar-refractivity contribution < 1.29 is 4.79 Å². The van der Waals surface area contributed by atoms with Crippen molar-refractivity contribution in [1.82, 2.24) is 4.98 Å². The molecule has 0 aliphatic heterocycles. The Kier molecular flexibility index (Phi) is 5.76. The molecule has 0 fully saturated rings. The van der Waals surface area contributed by atoms with E-state index in [-0.39, 0.29) is 0 Å². The zero-order chi connectivity index (χ0) is 11.8. The number of hydrogen-bond donors (Lipinski definition) is 0. The lowest BCUT2D eigenvalue weighted by molar-refractivity contribution is -0.118. The molecule has 1 aromatic heterocycles. The second-order valence-electron chi connectivity index (χ2n) is 4.26. The van der Waals surface area contributed by atoms with Gasteiger partial charge in [0.15, 0.2) is 0 Å². The Morgan fingerprint density at radius 1 is 1.31 bits per heavy atom. The minimum atomic E-state index is 0.389. The fourth-order valence-electron chi connectivity index (χ4n) is 1.76. The van der Waals surface area contributed by atoms with Crippen LogP contribution in [0, 0.1) is 6.92 Å². The summed E-state index contributed by atoms with van der Waals surface area (Å²) < 4.78 is 0. The van der Waals surface area contributed by atoms with Crippen LogP contribution >= 0.6 is 0 Å². The van der Waals surface area contributed by atoms with Crippen molar-refractivity contribution in [3.8, 4) is 0 Å². The molecule has 1 rings (SSSR count). The van der Waals surface area contributed by atoms with Gasteiger partial charge in [0.2, 0.25) is 0 Å². The highest BCUT2D eigenvalue weighted by Gasteiger charge is 1.98. The van der Waals surface area contributed by atoms with Crippen molar-refractivity contribution >= 4 is 5.78 Å². The maximum Gasteiger partial charge on any atom is 0.132 e. The van der Waals surface area contributed by atoms with Crippen molar-refractivity contribution in [1.29, 1.82) is 0 Å². The SMILES string of the molecule is CCC(=O)CCCCCc1ccnc(C)c1. The first-order valence-corrected chi connectivity index (χ1v) is 6.15. The zero-order valence-corrected chi connectivity index (χ0v) is 10.3. The number of nitrogens with zero attached hydrogens (tertiary/aromatic N) is 1. The van der Waals surface area contributed by atoms with Crippen molar-refractivity contribution in [3.05, 3.63) is 29.6 Å². The lowest BCUT2D eigenvalue weighted by Gasteiger charge is -2.02. The van der Waals surface area contributed by atoms with Gasteiger partial charge in [-0.1, -0.05) is 13.3 Å². The van der Waals surface area contributed by atoms with Crippen LogP contribution in [0.5, 0.6) is 0 Å². The molecule has 0 aromatic carbocycles. The highest BCUT2D eigenvalue weighted by Crippen LogP contribution is 2.09. The van der Waals surface area contributed by atoms with E-state index in [0.29, 0.717) is 12.2 Å². The molecule has 0 atom stereocenters. The number of aryl methyl sites for hydroxylation is 2. The first-order valence-electron chi connectivity index (χ1n) is 6.15. The van der Waals surface area contributed by atoms with E-state index in [1.807, 2.05) is 20.0 Å². The molecule has 2 nitrogen and oxygen atoms in total. The highest BCUT2D eigenvalue weighted by atomic mass is 16.1. The van der Waals surface area contributed by atoms with Crippen LogP contribution in [-0.4, -0.2) is 10.8 Å². The Labute approximate surface area is 98.1 Å². The van der Waals surface area contributed by atoms with E-state index in [0.717, 1.165) is 31.4 Å². The molecule has 0 aliphatic rings. The van der Waals surface area contributed by atoms with Gasteiger partial charge in [-0.05, 0) is 43.9 Å². The molecule has 2 heteroatoms. The fourth-order valence-corrected chi connectivity index (χ4v) is 1.76. The molecule has 0 aliphatic carbocycles. The summed E-state index contributed by atoms with van der Waals surface area (Å²) >= 11 is 0. The van der Waals surface area contributed by atoms with Crippen molar-refractivity contribution in [2.45, 2.75) is 52.4 Å². The number of Topliss-reactive ketones (excluding diaryl/α,β-unsaturated/α-hetero) is 1. The number of ketones is 1. The molecule has 88 valence electrons. The number of pyridine rings is 1. The molecule has 0 amide bonds. The van der Waals surface area contributed by atoms with Gasteiger partial charge in [-0.2, -0.15) is 0 Å². The number of carbonyl (C=O) groups excluding carboxylic acids is 1. The molecule has 0 bridgehead atoms. The van der Waals surface area contributed by atoms with Gasteiger partial charge in [0.05, 0.1) is 0 Å². The average Bonchev–Trinajstić information content (AvgIpc) is 2.28. The van der Waals surface area contributed by atoms with Crippen LogP contribution in [0.15, 0.2) is 18.3 Å². The van der Waals surface area contributed by atoms with E-state index in [1.165, 1.54) is 12.0 Å². The van der Waals surface area contributed by atoms with Crippen LogP contribution in [-0.2, 0) is 11.2 Å². The smallest absolute Gasteiger partial charge is 0.132 e. The molecule has 1 heterocycles. The van der Waals surface area contributed by atoms with Crippen LogP contribution in [0.25, 0.3) is 0 Å². The van der Waals surface area contributed by atoms with E-state index in [1.54, 1.807) is 0 Å². The molecule has 0 N–H and O–H groups in total. The van der Waals surface area contributed by atoms with Crippen LogP contribution in [0.2, 0.25) is 0 Å². The average molecular weight is 219 g/mol. The number of carbonyl (C=O) groups is 1. The third kappa shape index (κ3) is 5.06. The molecular formula is C14H21NO. The van der Waals surface area contributed by atoms with Gasteiger partial charge in [-0.25, -0.2) is 0 Å². The zero-order valence-electron chi connectivity index (χ0n) is 10.3. The topological polar surface area (TPSA) is 30.0 Å². The maximum absolute atomic E-state index is 11.1. The van der Waals surface area contributed by atoms with E-state index in [4.69, 9.17) is 0 Å². The summed E-state index contributed by atoms with van der Waals surface area (Å²) in [5.74, 6) is 0.389. The van der Waals surface area contributed by atoms with Crippen LogP contribution in [0.3, 0.4) is 0 Å². The van der Waals surface area contributed by atoms with Crippen molar-refractivity contribution in [2.24, 2.45) is 0 Å². The number of rotatable bonds is 7. The quantitative estimate of drug-likeness (QED) is 0.657. The standard InChI is InChI=1S/C14H21NO/c1-3-14(16)8-6-4-5-7-13-9-10-15-12(2)11-13/h9-11H,3-8H2,1-2H3. The monoisotopic (exact) mass is 219 g/mol. The summed E-state index contributed by atoms with van der Waals surface area (Å²) in [4.78, 5) is 15.3. The van der Waals surface area contributed by atoms with Gasteiger partial charge in [0.1, 0.15) is 5.78 Å².